The first-order chi connectivity index (χ1) is 15.3. The van der Waals surface area contributed by atoms with Gasteiger partial charge in [0.2, 0.25) is 5.91 Å². The number of nitrogens with one attached hydrogen (secondary N) is 1. The molecule has 0 radical (unpaired) electrons. The number of nitrogens with zero attached hydrogens (tertiary/aromatic N) is 3. The molecule has 0 bridgehead atoms. The zero-order valence-electron chi connectivity index (χ0n) is 17.9. The minimum absolute atomic E-state index is 0.0861. The molecule has 1 saturated carbocycles. The number of anilines is 1. The van der Waals surface area contributed by atoms with Crippen molar-refractivity contribution < 1.29 is 23.0 Å². The normalized spacial score (nSPS) is 19.3. The summed E-state index contributed by atoms with van der Waals surface area (Å²) in [4.78, 5) is 25.3. The summed E-state index contributed by atoms with van der Waals surface area (Å²) in [5.74, 6) is -0.262. The SMILES string of the molecule is COc1cc([C@]2(COc3cnc(C)nc3C)C[C@H]2C(=O)Nc2ccc(F)cn2)ccc1F. The molecule has 1 N–H and O–H groups in total. The Balaban J connectivity index is 1.60. The maximum atomic E-state index is 14.0. The van der Waals surface area contributed by atoms with E-state index in [-0.39, 0.29) is 24.1 Å². The van der Waals surface area contributed by atoms with Gasteiger partial charge in [-0.05, 0) is 50.1 Å². The van der Waals surface area contributed by atoms with Gasteiger partial charge in [-0.1, -0.05) is 6.07 Å². The molecule has 1 amide bonds. The number of rotatable bonds is 7. The second kappa shape index (κ2) is 8.49. The summed E-state index contributed by atoms with van der Waals surface area (Å²) in [6.45, 7) is 3.76. The van der Waals surface area contributed by atoms with Crippen molar-refractivity contribution in [1.82, 2.24) is 15.0 Å². The number of ether oxygens (including phenoxy) is 2. The van der Waals surface area contributed by atoms with Crippen molar-refractivity contribution in [1.29, 1.82) is 0 Å². The molecule has 2 heterocycles. The molecule has 1 aliphatic rings. The number of hydrogen-bond acceptors (Lipinski definition) is 6. The predicted octanol–water partition coefficient (Wildman–Crippen LogP) is 3.75. The van der Waals surface area contributed by atoms with Crippen LogP contribution in [0.3, 0.4) is 0 Å². The fourth-order valence-corrected chi connectivity index (χ4v) is 3.76. The van der Waals surface area contributed by atoms with Gasteiger partial charge in [0.05, 0.1) is 37.7 Å². The molecule has 1 aromatic carbocycles. The summed E-state index contributed by atoms with van der Waals surface area (Å²) in [5.41, 5.74) is 0.692. The molecule has 1 fully saturated rings. The van der Waals surface area contributed by atoms with Crippen LogP contribution < -0.4 is 14.8 Å². The van der Waals surface area contributed by atoms with Crippen molar-refractivity contribution in [2.75, 3.05) is 19.0 Å². The molecule has 7 nitrogen and oxygen atoms in total. The van der Waals surface area contributed by atoms with E-state index in [2.05, 4.69) is 20.3 Å². The third-order valence-electron chi connectivity index (χ3n) is 5.64. The highest BCUT2D eigenvalue weighted by atomic mass is 19.1. The largest absolute Gasteiger partial charge is 0.494 e. The van der Waals surface area contributed by atoms with E-state index in [9.17, 15) is 13.6 Å². The highest BCUT2D eigenvalue weighted by molar-refractivity contribution is 5.95. The van der Waals surface area contributed by atoms with Crippen molar-refractivity contribution in [2.24, 2.45) is 5.92 Å². The number of amides is 1. The minimum Gasteiger partial charge on any atom is -0.494 e. The second-order valence-corrected chi connectivity index (χ2v) is 7.77. The van der Waals surface area contributed by atoms with E-state index in [1.165, 1.54) is 25.3 Å². The van der Waals surface area contributed by atoms with Gasteiger partial charge in [0, 0.05) is 5.41 Å². The molecule has 0 spiro atoms. The molecule has 2 atom stereocenters. The van der Waals surface area contributed by atoms with Crippen molar-refractivity contribution in [2.45, 2.75) is 25.7 Å². The van der Waals surface area contributed by atoms with Gasteiger partial charge in [-0.2, -0.15) is 0 Å². The molecule has 4 rings (SSSR count). The first-order valence-electron chi connectivity index (χ1n) is 10.0. The third-order valence-corrected chi connectivity index (χ3v) is 5.64. The minimum atomic E-state index is -0.706. The first-order valence-corrected chi connectivity index (χ1v) is 10.0. The quantitative estimate of drug-likeness (QED) is 0.602. The number of carbonyl (C=O) groups excluding carboxylic acids is 1. The fraction of sp³-hybridized carbons (Fsp3) is 0.304. The first kappa shape index (κ1) is 21.6. The monoisotopic (exact) mass is 440 g/mol. The van der Waals surface area contributed by atoms with E-state index in [1.54, 1.807) is 25.3 Å². The number of aryl methyl sites for hydroxylation is 2. The lowest BCUT2D eigenvalue weighted by atomic mass is 9.93. The highest BCUT2D eigenvalue weighted by Gasteiger charge is 2.60. The highest BCUT2D eigenvalue weighted by Crippen LogP contribution is 2.55. The number of methoxy groups -OCH3 is 1. The molecular weight excluding hydrogens is 418 g/mol. The molecule has 9 heteroatoms. The summed E-state index contributed by atoms with van der Waals surface area (Å²) in [7, 11) is 1.38. The van der Waals surface area contributed by atoms with Crippen molar-refractivity contribution in [3.05, 3.63) is 71.4 Å². The average Bonchev–Trinajstić information content (AvgIpc) is 3.51. The van der Waals surface area contributed by atoms with Crippen LogP contribution in [0.4, 0.5) is 14.6 Å². The van der Waals surface area contributed by atoms with Crippen molar-refractivity contribution in [3.8, 4) is 11.5 Å². The van der Waals surface area contributed by atoms with Crippen LogP contribution in [0.2, 0.25) is 0 Å². The summed E-state index contributed by atoms with van der Waals surface area (Å²) in [5, 5.41) is 2.71. The van der Waals surface area contributed by atoms with Gasteiger partial charge in [0.1, 0.15) is 17.5 Å². The van der Waals surface area contributed by atoms with Crippen LogP contribution in [-0.4, -0.2) is 34.6 Å². The number of halogens is 2. The zero-order valence-corrected chi connectivity index (χ0v) is 17.9. The Kier molecular flexibility index (Phi) is 5.73. The Hall–Kier alpha value is -3.62. The average molecular weight is 440 g/mol. The Bertz CT molecular complexity index is 1160. The van der Waals surface area contributed by atoms with Crippen LogP contribution in [0.25, 0.3) is 0 Å². The van der Waals surface area contributed by atoms with Gasteiger partial charge in [0.25, 0.3) is 0 Å². The third kappa shape index (κ3) is 4.23. The second-order valence-electron chi connectivity index (χ2n) is 7.77. The Morgan fingerprint density at radius 1 is 1.16 bits per heavy atom. The van der Waals surface area contributed by atoms with Gasteiger partial charge >= 0.3 is 0 Å². The summed E-state index contributed by atoms with van der Waals surface area (Å²) < 4.78 is 38.3. The Morgan fingerprint density at radius 3 is 2.66 bits per heavy atom. The number of hydrogen-bond donors (Lipinski definition) is 1. The van der Waals surface area contributed by atoms with Crippen LogP contribution in [0, 0.1) is 31.4 Å². The number of aromatic nitrogens is 3. The standard InChI is InChI=1S/C23H22F2N4O3/c1-13-20(11-26-14(2)28-13)32-12-23(15-4-6-18(25)19(8-15)31-3)9-17(23)22(30)29-21-7-5-16(24)10-27-21/h4-8,10-11,17H,9,12H2,1-3H3,(H,27,29,30)/t17-,23+/m0/s1. The molecule has 0 unspecified atom stereocenters. The molecule has 0 saturated heterocycles. The van der Waals surface area contributed by atoms with E-state index in [0.29, 0.717) is 29.3 Å². The number of benzene rings is 1. The molecule has 3 aromatic rings. The summed E-state index contributed by atoms with van der Waals surface area (Å²) in [6, 6.07) is 7.13. The van der Waals surface area contributed by atoms with Gasteiger partial charge < -0.3 is 14.8 Å². The zero-order chi connectivity index (χ0) is 22.9. The molecule has 166 valence electrons. The van der Waals surface area contributed by atoms with Crippen LogP contribution in [0.1, 0.15) is 23.5 Å². The summed E-state index contributed by atoms with van der Waals surface area (Å²) in [6.07, 6.45) is 3.10. The lowest BCUT2D eigenvalue weighted by molar-refractivity contribution is -0.117. The van der Waals surface area contributed by atoms with E-state index in [4.69, 9.17) is 9.47 Å². The van der Waals surface area contributed by atoms with Crippen molar-refractivity contribution in [3.63, 3.8) is 0 Å². The Labute approximate surface area is 183 Å². The van der Waals surface area contributed by atoms with Crippen LogP contribution >= 0.6 is 0 Å². The maximum absolute atomic E-state index is 14.0. The van der Waals surface area contributed by atoms with Crippen LogP contribution in [-0.2, 0) is 10.2 Å². The molecular formula is C23H22F2N4O3. The molecule has 32 heavy (non-hydrogen) atoms. The van der Waals surface area contributed by atoms with Gasteiger partial charge in [-0.25, -0.2) is 23.7 Å². The fourth-order valence-electron chi connectivity index (χ4n) is 3.76. The molecule has 0 aliphatic heterocycles. The van der Waals surface area contributed by atoms with Crippen LogP contribution in [0.15, 0.2) is 42.7 Å². The number of carbonyl (C=O) groups is 1. The van der Waals surface area contributed by atoms with Crippen LogP contribution in [0.5, 0.6) is 11.5 Å². The van der Waals surface area contributed by atoms with Gasteiger partial charge in [0.15, 0.2) is 17.3 Å². The lowest BCUT2D eigenvalue weighted by Gasteiger charge is -2.20. The van der Waals surface area contributed by atoms with Crippen molar-refractivity contribution >= 4 is 11.7 Å². The van der Waals surface area contributed by atoms with Gasteiger partial charge in [-0.15, -0.1) is 0 Å². The maximum Gasteiger partial charge on any atom is 0.229 e. The topological polar surface area (TPSA) is 86.2 Å². The van der Waals surface area contributed by atoms with Gasteiger partial charge in [-0.3, -0.25) is 4.79 Å². The Morgan fingerprint density at radius 2 is 1.97 bits per heavy atom. The van der Waals surface area contributed by atoms with E-state index in [1.807, 2.05) is 6.92 Å². The van der Waals surface area contributed by atoms with E-state index >= 15 is 0 Å². The number of pyridine rings is 1. The smallest absolute Gasteiger partial charge is 0.229 e. The summed E-state index contributed by atoms with van der Waals surface area (Å²) >= 11 is 0. The van der Waals surface area contributed by atoms with E-state index in [0.717, 1.165) is 6.20 Å². The lowest BCUT2D eigenvalue weighted by Crippen LogP contribution is -2.27. The molecule has 2 aromatic heterocycles. The molecule has 1 aliphatic carbocycles. The predicted molar refractivity (Wildman–Crippen MR) is 113 cm³/mol. The van der Waals surface area contributed by atoms with E-state index < -0.39 is 23.0 Å².